The average Bonchev–Trinajstić information content (AvgIpc) is 3.10. The summed E-state index contributed by atoms with van der Waals surface area (Å²) in [5.74, 6) is 1.24. The number of nitrogens with one attached hydrogen (secondary N) is 1. The molecule has 0 aromatic heterocycles. The first-order valence-electron chi connectivity index (χ1n) is 7.80. The van der Waals surface area contributed by atoms with Gasteiger partial charge in [0.25, 0.3) is 0 Å². The Morgan fingerprint density at radius 2 is 1.95 bits per heavy atom. The Bertz CT molecular complexity index is 407. The molecule has 1 unspecified atom stereocenters. The maximum atomic E-state index is 13.4. The Morgan fingerprint density at radius 3 is 2.63 bits per heavy atom. The maximum absolute atomic E-state index is 13.4. The smallest absolute Gasteiger partial charge is 0.123 e. The van der Waals surface area contributed by atoms with Crippen LogP contribution in [0.3, 0.4) is 0 Å². The minimum absolute atomic E-state index is 0.0969. The van der Waals surface area contributed by atoms with Gasteiger partial charge in [-0.2, -0.15) is 0 Å². The molecule has 1 atom stereocenters. The van der Waals surface area contributed by atoms with E-state index in [4.69, 9.17) is 0 Å². The summed E-state index contributed by atoms with van der Waals surface area (Å²) < 4.78 is 13.4. The highest BCUT2D eigenvalue weighted by Gasteiger charge is 2.25. The highest BCUT2D eigenvalue weighted by Crippen LogP contribution is 2.34. The van der Waals surface area contributed by atoms with E-state index in [-0.39, 0.29) is 5.82 Å². The van der Waals surface area contributed by atoms with E-state index in [1.165, 1.54) is 50.5 Å². The van der Waals surface area contributed by atoms with E-state index in [1.54, 1.807) is 12.1 Å². The summed E-state index contributed by atoms with van der Waals surface area (Å²) in [6.45, 7) is 1.02. The minimum Gasteiger partial charge on any atom is -0.313 e. The standard InChI is InChI=1S/C17H24FN/c18-16-7-3-6-14(11-16)15(12-19-17-8-9-17)10-13-4-1-2-5-13/h3,6-7,11,13,15,17,19H,1-2,4-5,8-10,12H2. The quantitative estimate of drug-likeness (QED) is 0.807. The predicted octanol–water partition coefficient (Wildman–Crippen LogP) is 4.24. The van der Waals surface area contributed by atoms with E-state index < -0.39 is 0 Å². The molecule has 1 nitrogen and oxygen atoms in total. The molecule has 0 aliphatic heterocycles. The third kappa shape index (κ3) is 3.79. The third-order valence-corrected chi connectivity index (χ3v) is 4.64. The topological polar surface area (TPSA) is 12.0 Å². The molecular weight excluding hydrogens is 237 g/mol. The van der Waals surface area contributed by atoms with Crippen LogP contribution in [0, 0.1) is 11.7 Å². The Morgan fingerprint density at radius 1 is 1.16 bits per heavy atom. The number of rotatable bonds is 6. The third-order valence-electron chi connectivity index (χ3n) is 4.64. The van der Waals surface area contributed by atoms with Crippen LogP contribution in [0.15, 0.2) is 24.3 Å². The summed E-state index contributed by atoms with van der Waals surface area (Å²) in [7, 11) is 0. The van der Waals surface area contributed by atoms with Crippen LogP contribution in [0.5, 0.6) is 0 Å². The van der Waals surface area contributed by atoms with Crippen LogP contribution in [0.1, 0.15) is 56.4 Å². The summed E-state index contributed by atoms with van der Waals surface area (Å²) in [5, 5.41) is 3.63. The first-order valence-corrected chi connectivity index (χ1v) is 7.80. The molecule has 1 aromatic rings. The minimum atomic E-state index is -0.0969. The van der Waals surface area contributed by atoms with Crippen molar-refractivity contribution in [2.45, 2.75) is 56.9 Å². The van der Waals surface area contributed by atoms with E-state index in [9.17, 15) is 4.39 Å². The number of hydrogen-bond donors (Lipinski definition) is 1. The molecule has 2 fully saturated rings. The molecule has 1 N–H and O–H groups in total. The number of halogens is 1. The SMILES string of the molecule is Fc1cccc(C(CNC2CC2)CC2CCCC2)c1. The van der Waals surface area contributed by atoms with Crippen LogP contribution in [0.2, 0.25) is 0 Å². The highest BCUT2D eigenvalue weighted by molar-refractivity contribution is 5.21. The summed E-state index contributed by atoms with van der Waals surface area (Å²) in [5.41, 5.74) is 1.18. The average molecular weight is 261 g/mol. The van der Waals surface area contributed by atoms with Crippen molar-refractivity contribution in [1.29, 1.82) is 0 Å². The van der Waals surface area contributed by atoms with Gasteiger partial charge >= 0.3 is 0 Å². The Hall–Kier alpha value is -0.890. The molecule has 3 rings (SSSR count). The second-order valence-electron chi connectivity index (χ2n) is 6.32. The summed E-state index contributed by atoms with van der Waals surface area (Å²) >= 11 is 0. The number of benzene rings is 1. The van der Waals surface area contributed by atoms with Gasteiger partial charge < -0.3 is 5.32 Å². The molecule has 2 aliphatic carbocycles. The Kier molecular flexibility index (Phi) is 4.17. The lowest BCUT2D eigenvalue weighted by molar-refractivity contribution is 0.425. The van der Waals surface area contributed by atoms with E-state index in [0.717, 1.165) is 18.5 Å². The molecule has 2 heteroatoms. The van der Waals surface area contributed by atoms with Crippen LogP contribution in [-0.2, 0) is 0 Å². The summed E-state index contributed by atoms with van der Waals surface area (Å²) in [6, 6.07) is 7.96. The molecule has 0 radical (unpaired) electrons. The van der Waals surface area contributed by atoms with Crippen molar-refractivity contribution in [2.75, 3.05) is 6.54 Å². The lowest BCUT2D eigenvalue weighted by atomic mass is 9.87. The Balaban J connectivity index is 1.66. The molecule has 2 saturated carbocycles. The van der Waals surface area contributed by atoms with Gasteiger partial charge in [-0.25, -0.2) is 4.39 Å². The molecule has 0 saturated heterocycles. The van der Waals surface area contributed by atoms with Crippen LogP contribution in [-0.4, -0.2) is 12.6 Å². The van der Waals surface area contributed by atoms with Gasteiger partial charge in [0, 0.05) is 12.6 Å². The van der Waals surface area contributed by atoms with Gasteiger partial charge in [0.05, 0.1) is 0 Å². The predicted molar refractivity (Wildman–Crippen MR) is 76.7 cm³/mol. The van der Waals surface area contributed by atoms with E-state index in [2.05, 4.69) is 11.4 Å². The number of hydrogen-bond acceptors (Lipinski definition) is 1. The van der Waals surface area contributed by atoms with E-state index in [1.807, 2.05) is 6.07 Å². The van der Waals surface area contributed by atoms with Crippen LogP contribution in [0.4, 0.5) is 4.39 Å². The fraction of sp³-hybridized carbons (Fsp3) is 0.647. The van der Waals surface area contributed by atoms with E-state index in [0.29, 0.717) is 5.92 Å². The van der Waals surface area contributed by atoms with Crippen molar-refractivity contribution in [3.63, 3.8) is 0 Å². The highest BCUT2D eigenvalue weighted by atomic mass is 19.1. The van der Waals surface area contributed by atoms with Crippen molar-refractivity contribution in [3.05, 3.63) is 35.6 Å². The monoisotopic (exact) mass is 261 g/mol. The molecule has 104 valence electrons. The van der Waals surface area contributed by atoms with Crippen molar-refractivity contribution < 1.29 is 4.39 Å². The zero-order chi connectivity index (χ0) is 13.1. The van der Waals surface area contributed by atoms with Gasteiger partial charge in [-0.05, 0) is 48.8 Å². The van der Waals surface area contributed by atoms with Gasteiger partial charge in [0.1, 0.15) is 5.82 Å². The van der Waals surface area contributed by atoms with Crippen LogP contribution >= 0.6 is 0 Å². The van der Waals surface area contributed by atoms with Crippen molar-refractivity contribution in [1.82, 2.24) is 5.32 Å². The lowest BCUT2D eigenvalue weighted by Gasteiger charge is -2.21. The molecule has 0 bridgehead atoms. The molecule has 2 aliphatic rings. The zero-order valence-corrected chi connectivity index (χ0v) is 11.6. The van der Waals surface area contributed by atoms with Crippen molar-refractivity contribution >= 4 is 0 Å². The van der Waals surface area contributed by atoms with E-state index >= 15 is 0 Å². The van der Waals surface area contributed by atoms with Gasteiger partial charge in [-0.15, -0.1) is 0 Å². The zero-order valence-electron chi connectivity index (χ0n) is 11.6. The largest absolute Gasteiger partial charge is 0.313 e. The molecule has 0 spiro atoms. The fourth-order valence-electron chi connectivity index (χ4n) is 3.34. The first-order chi connectivity index (χ1) is 9.31. The summed E-state index contributed by atoms with van der Waals surface area (Å²) in [4.78, 5) is 0. The van der Waals surface area contributed by atoms with Gasteiger partial charge in [0.15, 0.2) is 0 Å². The molecule has 19 heavy (non-hydrogen) atoms. The maximum Gasteiger partial charge on any atom is 0.123 e. The van der Waals surface area contributed by atoms with Crippen molar-refractivity contribution in [2.24, 2.45) is 5.92 Å². The van der Waals surface area contributed by atoms with Crippen molar-refractivity contribution in [3.8, 4) is 0 Å². The molecule has 1 aromatic carbocycles. The second-order valence-corrected chi connectivity index (χ2v) is 6.32. The molecular formula is C17H24FN. The first kappa shape index (κ1) is 13.1. The molecule has 0 heterocycles. The van der Waals surface area contributed by atoms with Gasteiger partial charge in [0.2, 0.25) is 0 Å². The van der Waals surface area contributed by atoms with Gasteiger partial charge in [-0.3, -0.25) is 0 Å². The lowest BCUT2D eigenvalue weighted by Crippen LogP contribution is -2.24. The normalized spacial score (nSPS) is 21.7. The van der Waals surface area contributed by atoms with Gasteiger partial charge in [-0.1, -0.05) is 37.8 Å². The fourth-order valence-corrected chi connectivity index (χ4v) is 3.34. The second kappa shape index (κ2) is 6.04. The Labute approximate surface area is 115 Å². The van der Waals surface area contributed by atoms with Crippen LogP contribution < -0.4 is 5.32 Å². The van der Waals surface area contributed by atoms with Crippen LogP contribution in [0.25, 0.3) is 0 Å². The molecule has 0 amide bonds. The summed E-state index contributed by atoms with van der Waals surface area (Å²) in [6.07, 6.45) is 9.37.